The third kappa shape index (κ3) is 2.08. The number of rotatable bonds is 3. The van der Waals surface area contributed by atoms with Gasteiger partial charge in [0.15, 0.2) is 0 Å². The first kappa shape index (κ1) is 9.26. The minimum Gasteiger partial charge on any atom is -0.497 e. The van der Waals surface area contributed by atoms with E-state index in [-0.39, 0.29) is 0 Å². The van der Waals surface area contributed by atoms with Crippen molar-refractivity contribution in [1.29, 1.82) is 0 Å². The fraction of sp³-hybridized carbons (Fsp3) is 0.333. The molecule has 0 amide bonds. The molecule has 66 valence electrons. The molecule has 2 nitrogen and oxygen atoms in total. The molecular weight excluding hydrogens is 172 g/mol. The summed E-state index contributed by atoms with van der Waals surface area (Å²) in [4.78, 5) is 0.830. The largest absolute Gasteiger partial charge is 0.497 e. The Balaban J connectivity index is 2.93. The van der Waals surface area contributed by atoms with Crippen LogP contribution >= 0.6 is 0 Å². The van der Waals surface area contributed by atoms with Crippen molar-refractivity contribution in [2.24, 2.45) is 0 Å². The Kier molecular flexibility index (Phi) is 3.29. The molecular formula is C9H12O2S. The van der Waals surface area contributed by atoms with E-state index >= 15 is 0 Å². The zero-order valence-electron chi connectivity index (χ0n) is 7.24. The Morgan fingerprint density at radius 2 is 2.25 bits per heavy atom. The molecule has 3 heteroatoms. The SMILES string of the molecule is CCS(=O)c1cccc(OC)c1. The summed E-state index contributed by atoms with van der Waals surface area (Å²) in [5.74, 6) is 1.40. The third-order valence-electron chi connectivity index (χ3n) is 1.57. The molecule has 1 aromatic rings. The van der Waals surface area contributed by atoms with Crippen LogP contribution in [0.3, 0.4) is 0 Å². The highest BCUT2D eigenvalue weighted by atomic mass is 32.2. The predicted molar refractivity (Wildman–Crippen MR) is 49.9 cm³/mol. The summed E-state index contributed by atoms with van der Waals surface area (Å²) in [6, 6.07) is 7.35. The van der Waals surface area contributed by atoms with Crippen molar-refractivity contribution in [1.82, 2.24) is 0 Å². The van der Waals surface area contributed by atoms with Gasteiger partial charge in [0.2, 0.25) is 0 Å². The Morgan fingerprint density at radius 3 is 2.83 bits per heavy atom. The Hall–Kier alpha value is -0.830. The molecule has 1 rings (SSSR count). The van der Waals surface area contributed by atoms with Crippen molar-refractivity contribution in [3.05, 3.63) is 24.3 Å². The van der Waals surface area contributed by atoms with Gasteiger partial charge in [0.05, 0.1) is 17.9 Å². The third-order valence-corrected chi connectivity index (χ3v) is 2.87. The second kappa shape index (κ2) is 4.26. The van der Waals surface area contributed by atoms with Gasteiger partial charge < -0.3 is 4.74 Å². The molecule has 12 heavy (non-hydrogen) atoms. The first-order valence-electron chi connectivity index (χ1n) is 3.80. The second-order valence-electron chi connectivity index (χ2n) is 2.31. The Labute approximate surface area is 75.0 Å². The average Bonchev–Trinajstić information content (AvgIpc) is 2.17. The molecule has 0 bridgehead atoms. The smallest absolute Gasteiger partial charge is 0.120 e. The van der Waals surface area contributed by atoms with Crippen LogP contribution in [-0.4, -0.2) is 17.1 Å². The zero-order chi connectivity index (χ0) is 8.97. The lowest BCUT2D eigenvalue weighted by molar-refractivity contribution is 0.413. The van der Waals surface area contributed by atoms with Crippen molar-refractivity contribution in [3.8, 4) is 5.75 Å². The number of hydrogen-bond acceptors (Lipinski definition) is 2. The molecule has 0 radical (unpaired) electrons. The molecule has 0 N–H and O–H groups in total. The maximum absolute atomic E-state index is 11.3. The monoisotopic (exact) mass is 184 g/mol. The molecule has 1 aromatic carbocycles. The lowest BCUT2D eigenvalue weighted by Gasteiger charge is -2.01. The fourth-order valence-corrected chi connectivity index (χ4v) is 1.72. The quantitative estimate of drug-likeness (QED) is 0.716. The molecule has 0 fully saturated rings. The second-order valence-corrected chi connectivity index (χ2v) is 4.05. The van der Waals surface area contributed by atoms with E-state index in [1.54, 1.807) is 13.2 Å². The fourth-order valence-electron chi connectivity index (χ4n) is 0.909. The molecule has 0 aliphatic carbocycles. The van der Waals surface area contributed by atoms with Gasteiger partial charge in [-0.3, -0.25) is 4.21 Å². The molecule has 1 atom stereocenters. The van der Waals surface area contributed by atoms with Crippen LogP contribution in [0.2, 0.25) is 0 Å². The van der Waals surface area contributed by atoms with Gasteiger partial charge in [-0.25, -0.2) is 0 Å². The van der Waals surface area contributed by atoms with Crippen LogP contribution in [0.4, 0.5) is 0 Å². The van der Waals surface area contributed by atoms with Crippen LogP contribution in [-0.2, 0) is 10.8 Å². The molecule has 1 unspecified atom stereocenters. The molecule has 0 aromatic heterocycles. The molecule has 0 spiro atoms. The van der Waals surface area contributed by atoms with Crippen molar-refractivity contribution in [2.75, 3.05) is 12.9 Å². The van der Waals surface area contributed by atoms with E-state index in [2.05, 4.69) is 0 Å². The van der Waals surface area contributed by atoms with Crippen LogP contribution in [0.25, 0.3) is 0 Å². The summed E-state index contributed by atoms with van der Waals surface area (Å²) in [6.45, 7) is 1.90. The topological polar surface area (TPSA) is 26.3 Å². The standard InChI is InChI=1S/C9H12O2S/c1-3-12(10)9-6-4-5-8(7-9)11-2/h4-7H,3H2,1-2H3. The summed E-state index contributed by atoms with van der Waals surface area (Å²) < 4.78 is 16.4. The van der Waals surface area contributed by atoms with E-state index in [0.717, 1.165) is 10.6 Å². The van der Waals surface area contributed by atoms with Gasteiger partial charge >= 0.3 is 0 Å². The van der Waals surface area contributed by atoms with Gasteiger partial charge in [-0.05, 0) is 18.2 Å². The highest BCUT2D eigenvalue weighted by molar-refractivity contribution is 7.85. The van der Waals surface area contributed by atoms with Crippen LogP contribution in [0.5, 0.6) is 5.75 Å². The number of ether oxygens (including phenoxy) is 1. The maximum atomic E-state index is 11.3. The molecule has 0 aliphatic heterocycles. The average molecular weight is 184 g/mol. The van der Waals surface area contributed by atoms with Gasteiger partial charge in [-0.1, -0.05) is 13.0 Å². The first-order chi connectivity index (χ1) is 5.77. The minimum absolute atomic E-state index is 0.646. The predicted octanol–water partition coefficient (Wildman–Crippen LogP) is 1.82. The van der Waals surface area contributed by atoms with Crippen LogP contribution in [0, 0.1) is 0 Å². The van der Waals surface area contributed by atoms with Crippen LogP contribution in [0.1, 0.15) is 6.92 Å². The van der Waals surface area contributed by atoms with Crippen molar-refractivity contribution in [2.45, 2.75) is 11.8 Å². The van der Waals surface area contributed by atoms with Crippen molar-refractivity contribution < 1.29 is 8.95 Å². The summed E-state index contributed by atoms with van der Waals surface area (Å²) in [5, 5.41) is 0. The number of benzene rings is 1. The normalized spacial score (nSPS) is 12.5. The molecule has 0 saturated heterocycles. The zero-order valence-corrected chi connectivity index (χ0v) is 8.06. The molecule has 0 saturated carbocycles. The van der Waals surface area contributed by atoms with E-state index in [1.807, 2.05) is 25.1 Å². The number of methoxy groups -OCH3 is 1. The summed E-state index contributed by atoms with van der Waals surface area (Å²) in [6.07, 6.45) is 0. The molecule has 0 heterocycles. The first-order valence-corrected chi connectivity index (χ1v) is 5.12. The Morgan fingerprint density at radius 1 is 1.50 bits per heavy atom. The van der Waals surface area contributed by atoms with Gasteiger partial charge in [-0.15, -0.1) is 0 Å². The Bertz CT molecular complexity index is 284. The summed E-state index contributed by atoms with van der Waals surface area (Å²) in [5.41, 5.74) is 0. The minimum atomic E-state index is -0.882. The van der Waals surface area contributed by atoms with Gasteiger partial charge in [-0.2, -0.15) is 0 Å². The van der Waals surface area contributed by atoms with E-state index in [4.69, 9.17) is 4.74 Å². The van der Waals surface area contributed by atoms with Crippen LogP contribution in [0.15, 0.2) is 29.2 Å². The van der Waals surface area contributed by atoms with Gasteiger partial charge in [0.25, 0.3) is 0 Å². The maximum Gasteiger partial charge on any atom is 0.120 e. The number of hydrogen-bond donors (Lipinski definition) is 0. The van der Waals surface area contributed by atoms with E-state index in [0.29, 0.717) is 5.75 Å². The lowest BCUT2D eigenvalue weighted by Crippen LogP contribution is -1.94. The summed E-state index contributed by atoms with van der Waals surface area (Å²) in [7, 11) is 0.723. The van der Waals surface area contributed by atoms with Crippen molar-refractivity contribution >= 4 is 10.8 Å². The van der Waals surface area contributed by atoms with Gasteiger partial charge in [0, 0.05) is 10.6 Å². The van der Waals surface area contributed by atoms with Crippen molar-refractivity contribution in [3.63, 3.8) is 0 Å². The van der Waals surface area contributed by atoms with E-state index < -0.39 is 10.8 Å². The van der Waals surface area contributed by atoms with Crippen LogP contribution < -0.4 is 4.74 Å². The lowest BCUT2D eigenvalue weighted by atomic mass is 10.3. The highest BCUT2D eigenvalue weighted by Crippen LogP contribution is 2.15. The van der Waals surface area contributed by atoms with Gasteiger partial charge in [0.1, 0.15) is 5.75 Å². The van der Waals surface area contributed by atoms with E-state index in [9.17, 15) is 4.21 Å². The summed E-state index contributed by atoms with van der Waals surface area (Å²) >= 11 is 0. The highest BCUT2D eigenvalue weighted by Gasteiger charge is 2.00. The van der Waals surface area contributed by atoms with E-state index in [1.165, 1.54) is 0 Å². The molecule has 0 aliphatic rings.